The number of hydrogen-bond acceptors (Lipinski definition) is 5. The number of hydrogen-bond donors (Lipinski definition) is 1. The van der Waals surface area contributed by atoms with Crippen LogP contribution in [0.3, 0.4) is 0 Å². The molecule has 0 radical (unpaired) electrons. The minimum absolute atomic E-state index is 0.142. The highest BCUT2D eigenvalue weighted by molar-refractivity contribution is 7.89. The van der Waals surface area contributed by atoms with Crippen molar-refractivity contribution in [2.75, 3.05) is 20.3 Å². The number of benzene rings is 1. The third-order valence-corrected chi connectivity index (χ3v) is 4.49. The summed E-state index contributed by atoms with van der Waals surface area (Å²) >= 11 is 0. The maximum absolute atomic E-state index is 12.8. The predicted octanol–water partition coefficient (Wildman–Crippen LogP) is 0.660. The standard InChI is InChI=1S/C10H14FNO5S2/c1-17-7-3-6-12-19(15,16)10-5-2-4-9(8-10)18(11,13)14/h2,4-5,8,12H,3,6-7H2,1H3. The van der Waals surface area contributed by atoms with Crippen molar-refractivity contribution in [3.05, 3.63) is 24.3 Å². The molecule has 0 amide bonds. The average Bonchev–Trinajstić information content (AvgIpc) is 2.34. The highest BCUT2D eigenvalue weighted by Gasteiger charge is 2.18. The van der Waals surface area contributed by atoms with E-state index >= 15 is 0 Å². The van der Waals surface area contributed by atoms with Crippen molar-refractivity contribution in [1.82, 2.24) is 4.72 Å². The molecule has 1 aromatic rings. The Bertz CT molecular complexity index is 627. The number of methoxy groups -OCH3 is 1. The van der Waals surface area contributed by atoms with Gasteiger partial charge in [0.05, 0.1) is 9.79 Å². The lowest BCUT2D eigenvalue weighted by molar-refractivity contribution is 0.196. The Morgan fingerprint density at radius 1 is 1.21 bits per heavy atom. The Balaban J connectivity index is 2.90. The molecule has 0 aliphatic carbocycles. The van der Waals surface area contributed by atoms with Gasteiger partial charge in [0, 0.05) is 20.3 Å². The molecular weight excluding hydrogens is 297 g/mol. The molecule has 6 nitrogen and oxygen atoms in total. The molecule has 1 N–H and O–H groups in total. The van der Waals surface area contributed by atoms with Crippen LogP contribution in [-0.2, 0) is 25.0 Å². The fourth-order valence-electron chi connectivity index (χ4n) is 1.30. The van der Waals surface area contributed by atoms with Gasteiger partial charge < -0.3 is 4.74 Å². The van der Waals surface area contributed by atoms with E-state index in [1.165, 1.54) is 13.2 Å². The number of rotatable bonds is 7. The van der Waals surface area contributed by atoms with E-state index in [0.717, 1.165) is 18.2 Å². The molecule has 0 atom stereocenters. The Morgan fingerprint density at radius 3 is 2.42 bits per heavy atom. The summed E-state index contributed by atoms with van der Waals surface area (Å²) in [5.74, 6) is 0. The van der Waals surface area contributed by atoms with Gasteiger partial charge in [0.1, 0.15) is 0 Å². The van der Waals surface area contributed by atoms with Crippen LogP contribution in [0.15, 0.2) is 34.1 Å². The first-order chi connectivity index (χ1) is 8.77. The molecule has 0 aliphatic rings. The summed E-state index contributed by atoms with van der Waals surface area (Å²) in [4.78, 5) is -0.990. The van der Waals surface area contributed by atoms with Gasteiger partial charge >= 0.3 is 10.2 Å². The minimum atomic E-state index is -4.93. The molecule has 0 saturated carbocycles. The lowest BCUT2D eigenvalue weighted by Crippen LogP contribution is -2.25. The van der Waals surface area contributed by atoms with Crippen LogP contribution < -0.4 is 4.72 Å². The smallest absolute Gasteiger partial charge is 0.332 e. The fourth-order valence-corrected chi connectivity index (χ4v) is 3.00. The second-order valence-corrected chi connectivity index (χ2v) is 6.77. The van der Waals surface area contributed by atoms with Crippen LogP contribution in [0.2, 0.25) is 0 Å². The molecule has 0 aromatic heterocycles. The van der Waals surface area contributed by atoms with E-state index < -0.39 is 25.1 Å². The molecule has 0 fully saturated rings. The van der Waals surface area contributed by atoms with E-state index in [0.29, 0.717) is 13.0 Å². The second-order valence-electron chi connectivity index (χ2n) is 3.66. The average molecular weight is 311 g/mol. The Labute approximate surface area is 111 Å². The third kappa shape index (κ3) is 4.86. The van der Waals surface area contributed by atoms with Crippen molar-refractivity contribution in [3.63, 3.8) is 0 Å². The van der Waals surface area contributed by atoms with Gasteiger partial charge in [-0.2, -0.15) is 8.42 Å². The molecule has 0 saturated heterocycles. The van der Waals surface area contributed by atoms with Crippen molar-refractivity contribution < 1.29 is 25.5 Å². The Hall–Kier alpha value is -1.03. The van der Waals surface area contributed by atoms with Crippen LogP contribution in [0.4, 0.5) is 3.89 Å². The first-order valence-electron chi connectivity index (χ1n) is 5.31. The van der Waals surface area contributed by atoms with Crippen molar-refractivity contribution >= 4 is 20.2 Å². The van der Waals surface area contributed by atoms with E-state index in [1.54, 1.807) is 0 Å². The van der Waals surface area contributed by atoms with Gasteiger partial charge in [-0.05, 0) is 24.6 Å². The minimum Gasteiger partial charge on any atom is -0.385 e. The van der Waals surface area contributed by atoms with E-state index in [-0.39, 0.29) is 11.4 Å². The third-order valence-electron chi connectivity index (χ3n) is 2.21. The Morgan fingerprint density at radius 2 is 1.84 bits per heavy atom. The molecule has 108 valence electrons. The van der Waals surface area contributed by atoms with Crippen molar-refractivity contribution in [2.24, 2.45) is 0 Å². The van der Waals surface area contributed by atoms with Gasteiger partial charge in [0.15, 0.2) is 0 Å². The monoisotopic (exact) mass is 311 g/mol. The van der Waals surface area contributed by atoms with Crippen LogP contribution >= 0.6 is 0 Å². The molecule has 19 heavy (non-hydrogen) atoms. The Kier molecular flexibility index (Phi) is 5.41. The van der Waals surface area contributed by atoms with Crippen LogP contribution in [-0.4, -0.2) is 37.1 Å². The van der Waals surface area contributed by atoms with Crippen molar-refractivity contribution in [1.29, 1.82) is 0 Å². The lowest BCUT2D eigenvalue weighted by atomic mass is 10.4. The van der Waals surface area contributed by atoms with Crippen LogP contribution in [0.1, 0.15) is 6.42 Å². The van der Waals surface area contributed by atoms with E-state index in [4.69, 9.17) is 4.74 Å². The van der Waals surface area contributed by atoms with Gasteiger partial charge in [-0.25, -0.2) is 13.1 Å². The molecule has 0 unspecified atom stereocenters. The summed E-state index contributed by atoms with van der Waals surface area (Å²) in [5.41, 5.74) is 0. The SMILES string of the molecule is COCCCNS(=O)(=O)c1cccc(S(=O)(=O)F)c1. The van der Waals surface area contributed by atoms with Crippen LogP contribution in [0.25, 0.3) is 0 Å². The van der Waals surface area contributed by atoms with Gasteiger partial charge in [-0.1, -0.05) is 6.07 Å². The van der Waals surface area contributed by atoms with Gasteiger partial charge in [0.2, 0.25) is 10.0 Å². The van der Waals surface area contributed by atoms with E-state index in [9.17, 15) is 20.7 Å². The van der Waals surface area contributed by atoms with Crippen LogP contribution in [0, 0.1) is 0 Å². The molecular formula is C10H14FNO5S2. The van der Waals surface area contributed by atoms with Crippen molar-refractivity contribution in [2.45, 2.75) is 16.2 Å². The zero-order chi connectivity index (χ0) is 14.5. The van der Waals surface area contributed by atoms with Crippen molar-refractivity contribution in [3.8, 4) is 0 Å². The summed E-state index contributed by atoms with van der Waals surface area (Å²) in [5, 5.41) is 0. The summed E-state index contributed by atoms with van der Waals surface area (Å²) in [7, 11) is -7.30. The van der Waals surface area contributed by atoms with E-state index in [1.807, 2.05) is 0 Å². The predicted molar refractivity (Wildman–Crippen MR) is 66.4 cm³/mol. The highest BCUT2D eigenvalue weighted by Crippen LogP contribution is 2.17. The lowest BCUT2D eigenvalue weighted by Gasteiger charge is -2.07. The maximum atomic E-state index is 12.8. The zero-order valence-electron chi connectivity index (χ0n) is 10.2. The topological polar surface area (TPSA) is 89.5 Å². The first-order valence-corrected chi connectivity index (χ1v) is 8.17. The highest BCUT2D eigenvalue weighted by atomic mass is 32.3. The van der Waals surface area contributed by atoms with Gasteiger partial charge in [0.25, 0.3) is 0 Å². The summed E-state index contributed by atoms with van der Waals surface area (Å²) in [6.45, 7) is 0.532. The zero-order valence-corrected chi connectivity index (χ0v) is 11.8. The number of ether oxygens (including phenoxy) is 1. The largest absolute Gasteiger partial charge is 0.385 e. The van der Waals surface area contributed by atoms with E-state index in [2.05, 4.69) is 4.72 Å². The first kappa shape index (κ1) is 16.0. The second kappa shape index (κ2) is 6.42. The van der Waals surface area contributed by atoms with Gasteiger partial charge in [-0.15, -0.1) is 3.89 Å². The molecule has 9 heteroatoms. The molecule has 0 spiro atoms. The number of sulfonamides is 1. The summed E-state index contributed by atoms with van der Waals surface area (Å²) < 4.78 is 64.8. The fraction of sp³-hybridized carbons (Fsp3) is 0.400. The van der Waals surface area contributed by atoms with Gasteiger partial charge in [-0.3, -0.25) is 0 Å². The number of halogens is 1. The molecule has 0 aliphatic heterocycles. The molecule has 1 aromatic carbocycles. The summed E-state index contributed by atoms with van der Waals surface area (Å²) in [6.07, 6.45) is 0.469. The molecule has 0 bridgehead atoms. The normalized spacial score (nSPS) is 12.5. The maximum Gasteiger partial charge on any atom is 0.332 e. The number of nitrogens with one attached hydrogen (secondary N) is 1. The molecule has 0 heterocycles. The quantitative estimate of drug-likeness (QED) is 0.590. The van der Waals surface area contributed by atoms with Crippen LogP contribution in [0.5, 0.6) is 0 Å². The summed E-state index contributed by atoms with van der Waals surface area (Å²) in [6, 6.07) is 4.11. The molecule has 1 rings (SSSR count).